The van der Waals surface area contributed by atoms with Crippen molar-refractivity contribution in [3.05, 3.63) is 53.9 Å². The van der Waals surface area contributed by atoms with Gasteiger partial charge in [-0.25, -0.2) is 9.97 Å². The number of nitrogens with zero attached hydrogens (tertiary/aromatic N) is 5. The van der Waals surface area contributed by atoms with E-state index < -0.39 is 6.10 Å². The van der Waals surface area contributed by atoms with E-state index >= 15 is 0 Å². The molecule has 7 nitrogen and oxygen atoms in total. The summed E-state index contributed by atoms with van der Waals surface area (Å²) in [6, 6.07) is 5.56. The summed E-state index contributed by atoms with van der Waals surface area (Å²) >= 11 is 0. The molecule has 0 radical (unpaired) electrons. The van der Waals surface area contributed by atoms with Crippen molar-refractivity contribution in [3.63, 3.8) is 0 Å². The summed E-state index contributed by atoms with van der Waals surface area (Å²) in [6.45, 7) is 8.03. The van der Waals surface area contributed by atoms with E-state index in [1.807, 2.05) is 17.2 Å². The summed E-state index contributed by atoms with van der Waals surface area (Å²) in [4.78, 5) is 30.3. The van der Waals surface area contributed by atoms with Gasteiger partial charge >= 0.3 is 0 Å². The minimum Gasteiger partial charge on any atom is -0.391 e. The molecule has 2 aliphatic rings. The standard InChI is InChI=1S/C23H31N5O2/c1-17(2)21-25-9-5-19(26-21)14-27-10-6-23(7-11-27)12-20(29)15-28(16-23)22(30)18-4-3-8-24-13-18/h3-5,8-9,13,17,20,29H,6-7,10-12,14-16H2,1-2H3. The van der Waals surface area contributed by atoms with Crippen LogP contribution in [0.1, 0.15) is 60.9 Å². The average molecular weight is 410 g/mol. The highest BCUT2D eigenvalue weighted by Crippen LogP contribution is 2.40. The van der Waals surface area contributed by atoms with E-state index in [1.165, 1.54) is 0 Å². The second-order valence-electron chi connectivity index (χ2n) is 9.12. The molecule has 2 aliphatic heterocycles. The fourth-order valence-corrected chi connectivity index (χ4v) is 4.74. The zero-order valence-corrected chi connectivity index (χ0v) is 17.9. The third-order valence-corrected chi connectivity index (χ3v) is 6.37. The molecule has 2 aromatic rings. The molecule has 2 saturated heterocycles. The summed E-state index contributed by atoms with van der Waals surface area (Å²) < 4.78 is 0. The Labute approximate surface area is 178 Å². The predicted molar refractivity (Wildman–Crippen MR) is 114 cm³/mol. The van der Waals surface area contributed by atoms with Crippen LogP contribution in [-0.4, -0.2) is 68.0 Å². The lowest BCUT2D eigenvalue weighted by atomic mass is 9.71. The van der Waals surface area contributed by atoms with Crippen molar-refractivity contribution in [2.24, 2.45) is 5.41 Å². The Morgan fingerprint density at radius 3 is 2.77 bits per heavy atom. The molecular weight excluding hydrogens is 378 g/mol. The van der Waals surface area contributed by atoms with Crippen LogP contribution < -0.4 is 0 Å². The number of carbonyl (C=O) groups is 1. The minimum atomic E-state index is -0.471. The van der Waals surface area contributed by atoms with Crippen molar-refractivity contribution in [2.45, 2.75) is 51.7 Å². The largest absolute Gasteiger partial charge is 0.391 e. The number of hydrogen-bond donors (Lipinski definition) is 1. The maximum atomic E-state index is 12.9. The number of likely N-dealkylation sites (tertiary alicyclic amines) is 2. The number of aromatic nitrogens is 3. The van der Waals surface area contributed by atoms with Gasteiger partial charge in [0, 0.05) is 44.1 Å². The van der Waals surface area contributed by atoms with Crippen molar-refractivity contribution in [1.29, 1.82) is 0 Å². The van der Waals surface area contributed by atoms with Gasteiger partial charge in [-0.1, -0.05) is 13.8 Å². The van der Waals surface area contributed by atoms with Crippen LogP contribution in [0.4, 0.5) is 0 Å². The van der Waals surface area contributed by atoms with E-state index in [0.29, 0.717) is 24.6 Å². The fourth-order valence-electron chi connectivity index (χ4n) is 4.74. The Kier molecular flexibility index (Phi) is 6.11. The van der Waals surface area contributed by atoms with Gasteiger partial charge < -0.3 is 10.0 Å². The van der Waals surface area contributed by atoms with Gasteiger partial charge in [-0.2, -0.15) is 0 Å². The Morgan fingerprint density at radius 2 is 2.07 bits per heavy atom. The molecule has 0 bridgehead atoms. The lowest BCUT2D eigenvalue weighted by molar-refractivity contribution is -0.0338. The summed E-state index contributed by atoms with van der Waals surface area (Å²) in [5, 5.41) is 10.5. The molecule has 160 valence electrons. The van der Waals surface area contributed by atoms with Gasteiger partial charge in [-0.15, -0.1) is 0 Å². The van der Waals surface area contributed by atoms with E-state index in [2.05, 4.69) is 28.7 Å². The Hall–Kier alpha value is -2.38. The highest BCUT2D eigenvalue weighted by Gasteiger charge is 2.43. The zero-order valence-electron chi connectivity index (χ0n) is 17.9. The monoisotopic (exact) mass is 409 g/mol. The van der Waals surface area contributed by atoms with Crippen molar-refractivity contribution < 1.29 is 9.90 Å². The van der Waals surface area contributed by atoms with Crippen LogP contribution in [0.15, 0.2) is 36.8 Å². The molecule has 0 aliphatic carbocycles. The molecule has 4 heterocycles. The smallest absolute Gasteiger partial charge is 0.255 e. The van der Waals surface area contributed by atoms with Gasteiger partial charge in [0.25, 0.3) is 5.91 Å². The van der Waals surface area contributed by atoms with Crippen LogP contribution in [0.5, 0.6) is 0 Å². The maximum Gasteiger partial charge on any atom is 0.255 e. The lowest BCUT2D eigenvalue weighted by Crippen LogP contribution is -2.55. The van der Waals surface area contributed by atoms with Crippen molar-refractivity contribution in [2.75, 3.05) is 26.2 Å². The van der Waals surface area contributed by atoms with Crippen molar-refractivity contribution >= 4 is 5.91 Å². The molecule has 1 spiro atoms. The highest BCUT2D eigenvalue weighted by atomic mass is 16.3. The first-order valence-corrected chi connectivity index (χ1v) is 10.9. The first kappa shape index (κ1) is 20.9. The quantitative estimate of drug-likeness (QED) is 0.835. The van der Waals surface area contributed by atoms with Gasteiger partial charge in [0.15, 0.2) is 0 Å². The highest BCUT2D eigenvalue weighted by molar-refractivity contribution is 5.94. The van der Waals surface area contributed by atoms with E-state index in [1.54, 1.807) is 24.5 Å². The van der Waals surface area contributed by atoms with Crippen LogP contribution in [0.25, 0.3) is 0 Å². The second kappa shape index (κ2) is 8.78. The summed E-state index contributed by atoms with van der Waals surface area (Å²) in [7, 11) is 0. The molecule has 30 heavy (non-hydrogen) atoms. The molecule has 1 unspecified atom stereocenters. The number of rotatable bonds is 4. The second-order valence-corrected chi connectivity index (χ2v) is 9.12. The number of aliphatic hydroxyl groups is 1. The molecule has 2 aromatic heterocycles. The average Bonchev–Trinajstić information content (AvgIpc) is 2.75. The van der Waals surface area contributed by atoms with Crippen molar-refractivity contribution in [1.82, 2.24) is 24.8 Å². The molecular formula is C23H31N5O2. The molecule has 0 saturated carbocycles. The van der Waals surface area contributed by atoms with Crippen LogP contribution in [0.2, 0.25) is 0 Å². The molecule has 0 aromatic carbocycles. The summed E-state index contributed by atoms with van der Waals surface area (Å²) in [5.74, 6) is 1.17. The predicted octanol–water partition coefficient (Wildman–Crippen LogP) is 2.48. The topological polar surface area (TPSA) is 82.5 Å². The number of pyridine rings is 1. The first-order chi connectivity index (χ1) is 14.4. The Bertz CT molecular complexity index is 865. The number of β-amino-alcohol motifs (C(OH)–C–C–N with tert-alkyl or cyclic N) is 1. The van der Waals surface area contributed by atoms with Crippen LogP contribution in [0.3, 0.4) is 0 Å². The van der Waals surface area contributed by atoms with Gasteiger partial charge in [0.2, 0.25) is 0 Å². The SMILES string of the molecule is CC(C)c1nccc(CN2CCC3(CC2)CC(O)CN(C(=O)c2cccnc2)C3)n1. The summed E-state index contributed by atoms with van der Waals surface area (Å²) in [5.41, 5.74) is 1.63. The molecule has 1 amide bonds. The lowest BCUT2D eigenvalue weighted by Gasteiger charge is -2.49. The van der Waals surface area contributed by atoms with Crippen LogP contribution >= 0.6 is 0 Å². The van der Waals surface area contributed by atoms with Gasteiger partial charge in [0.05, 0.1) is 17.4 Å². The molecule has 4 rings (SSSR count). The minimum absolute atomic E-state index is 0.0131. The molecule has 1 N–H and O–H groups in total. The van der Waals surface area contributed by atoms with E-state index in [9.17, 15) is 9.90 Å². The van der Waals surface area contributed by atoms with Crippen molar-refractivity contribution in [3.8, 4) is 0 Å². The van der Waals surface area contributed by atoms with Crippen LogP contribution in [-0.2, 0) is 6.54 Å². The van der Waals surface area contributed by atoms with E-state index in [4.69, 9.17) is 4.98 Å². The van der Waals surface area contributed by atoms with E-state index in [-0.39, 0.29) is 11.3 Å². The number of carbonyl (C=O) groups excluding carboxylic acids is 1. The van der Waals surface area contributed by atoms with Gasteiger partial charge in [0.1, 0.15) is 5.82 Å². The number of hydrogen-bond acceptors (Lipinski definition) is 6. The summed E-state index contributed by atoms with van der Waals surface area (Å²) in [6.07, 6.45) is 7.37. The third kappa shape index (κ3) is 4.68. The Morgan fingerprint density at radius 1 is 1.27 bits per heavy atom. The molecule has 7 heteroatoms. The van der Waals surface area contributed by atoms with E-state index in [0.717, 1.165) is 50.4 Å². The Balaban J connectivity index is 1.39. The molecule has 1 atom stereocenters. The van der Waals surface area contributed by atoms with Crippen LogP contribution in [0, 0.1) is 5.41 Å². The first-order valence-electron chi connectivity index (χ1n) is 10.9. The number of piperidine rings is 2. The third-order valence-electron chi connectivity index (χ3n) is 6.37. The number of aliphatic hydroxyl groups excluding tert-OH is 1. The fraction of sp³-hybridized carbons (Fsp3) is 0.565. The molecule has 2 fully saturated rings. The normalized spacial score (nSPS) is 21.9. The number of amides is 1. The maximum absolute atomic E-state index is 12.9. The zero-order chi connectivity index (χ0) is 21.1. The van der Waals surface area contributed by atoms with Gasteiger partial charge in [-0.3, -0.25) is 14.7 Å². The van der Waals surface area contributed by atoms with Gasteiger partial charge in [-0.05, 0) is 56.0 Å².